The predicted octanol–water partition coefficient (Wildman–Crippen LogP) is 14.3. The minimum atomic E-state index is 1.14. The summed E-state index contributed by atoms with van der Waals surface area (Å²) >= 11 is 0. The van der Waals surface area contributed by atoms with E-state index in [4.69, 9.17) is 0 Å². The van der Waals surface area contributed by atoms with Crippen LogP contribution in [0, 0.1) is 0 Å². The molecule has 3 heteroatoms. The standard InChI is InChI=1S/C54H35N3/c1-3-14-36(15-4-1)38-16-13-19-42(34-38)56-48-23-10-7-20-43(48)45-31-28-39(35-52(45)56)37-26-29-41(30-27-37)55-50-25-12-9-22-47(50)53-51(55)33-32-46-44-21-8-11-24-49(44)57(54(46)53)40-17-5-2-6-18-40/h1-35H. The van der Waals surface area contributed by atoms with E-state index in [-0.39, 0.29) is 0 Å². The van der Waals surface area contributed by atoms with Crippen LogP contribution in [0.4, 0.5) is 0 Å². The zero-order chi connectivity index (χ0) is 37.5. The molecule has 0 saturated heterocycles. The topological polar surface area (TPSA) is 14.8 Å². The Hall–Kier alpha value is -7.62. The van der Waals surface area contributed by atoms with Crippen molar-refractivity contribution in [3.05, 3.63) is 212 Å². The van der Waals surface area contributed by atoms with E-state index < -0.39 is 0 Å². The van der Waals surface area contributed by atoms with Gasteiger partial charge in [0.25, 0.3) is 0 Å². The first-order chi connectivity index (χ1) is 28.3. The van der Waals surface area contributed by atoms with Crippen LogP contribution in [0.1, 0.15) is 0 Å². The predicted molar refractivity (Wildman–Crippen MR) is 240 cm³/mol. The quantitative estimate of drug-likeness (QED) is 0.168. The zero-order valence-electron chi connectivity index (χ0n) is 31.0. The average Bonchev–Trinajstić information content (AvgIpc) is 3.92. The van der Waals surface area contributed by atoms with Crippen molar-refractivity contribution in [1.82, 2.24) is 13.7 Å². The molecule has 0 atom stereocenters. The zero-order valence-corrected chi connectivity index (χ0v) is 31.0. The van der Waals surface area contributed by atoms with Gasteiger partial charge in [0.1, 0.15) is 0 Å². The Labute approximate surface area is 329 Å². The fourth-order valence-electron chi connectivity index (χ4n) is 9.32. The number of hydrogen-bond acceptors (Lipinski definition) is 0. The fraction of sp³-hybridized carbons (Fsp3) is 0. The number of benzene rings is 9. The SMILES string of the molecule is c1ccc(-c2cccc(-n3c4ccccc4c4ccc(-c5ccc(-n6c7ccccc7c7c6ccc6c8ccccc8n(-c8ccccc8)c67)cc5)cc43)c2)cc1. The van der Waals surface area contributed by atoms with Gasteiger partial charge in [0, 0.05) is 49.4 Å². The minimum Gasteiger partial charge on any atom is -0.309 e. The Kier molecular flexibility index (Phi) is 6.93. The van der Waals surface area contributed by atoms with Crippen molar-refractivity contribution in [2.75, 3.05) is 0 Å². The summed E-state index contributed by atoms with van der Waals surface area (Å²) in [7, 11) is 0. The van der Waals surface area contributed by atoms with E-state index in [0.717, 1.165) is 17.1 Å². The molecule has 0 aliphatic rings. The maximum Gasteiger partial charge on any atom is 0.0641 e. The van der Waals surface area contributed by atoms with Crippen molar-refractivity contribution < 1.29 is 0 Å². The van der Waals surface area contributed by atoms with Gasteiger partial charge in [-0.05, 0) is 89.0 Å². The number of para-hydroxylation sites is 4. The van der Waals surface area contributed by atoms with Crippen molar-refractivity contribution in [3.8, 4) is 39.3 Å². The van der Waals surface area contributed by atoms with Gasteiger partial charge in [-0.3, -0.25) is 0 Å². The number of aromatic nitrogens is 3. The second-order valence-corrected chi connectivity index (χ2v) is 14.9. The Bertz CT molecular complexity index is 3490. The second-order valence-electron chi connectivity index (χ2n) is 14.9. The average molecular weight is 726 g/mol. The van der Waals surface area contributed by atoms with Crippen molar-refractivity contribution >= 4 is 65.4 Å². The van der Waals surface area contributed by atoms with Crippen LogP contribution < -0.4 is 0 Å². The van der Waals surface area contributed by atoms with Gasteiger partial charge in [-0.15, -0.1) is 0 Å². The third kappa shape index (κ3) is 4.79. The first-order valence-electron chi connectivity index (χ1n) is 19.6. The molecule has 0 bridgehead atoms. The molecule has 0 N–H and O–H groups in total. The van der Waals surface area contributed by atoms with Crippen molar-refractivity contribution in [2.45, 2.75) is 0 Å². The molecule has 0 aliphatic heterocycles. The highest BCUT2D eigenvalue weighted by Crippen LogP contribution is 2.42. The molecule has 0 radical (unpaired) electrons. The summed E-state index contributed by atoms with van der Waals surface area (Å²) in [6.07, 6.45) is 0. The van der Waals surface area contributed by atoms with Gasteiger partial charge in [0.15, 0.2) is 0 Å². The highest BCUT2D eigenvalue weighted by Gasteiger charge is 2.21. The maximum absolute atomic E-state index is 2.44. The Morgan fingerprint density at radius 2 is 0.702 bits per heavy atom. The van der Waals surface area contributed by atoms with Crippen molar-refractivity contribution in [2.24, 2.45) is 0 Å². The molecule has 0 fully saturated rings. The van der Waals surface area contributed by atoms with Gasteiger partial charge >= 0.3 is 0 Å². The molecule has 0 unspecified atom stereocenters. The van der Waals surface area contributed by atoms with Gasteiger partial charge < -0.3 is 13.7 Å². The van der Waals surface area contributed by atoms with E-state index in [1.165, 1.54) is 87.7 Å². The van der Waals surface area contributed by atoms with Gasteiger partial charge in [-0.1, -0.05) is 146 Å². The van der Waals surface area contributed by atoms with Crippen LogP contribution in [0.2, 0.25) is 0 Å². The lowest BCUT2D eigenvalue weighted by atomic mass is 10.0. The van der Waals surface area contributed by atoms with Crippen molar-refractivity contribution in [1.29, 1.82) is 0 Å². The largest absolute Gasteiger partial charge is 0.309 e. The molecule has 0 spiro atoms. The lowest BCUT2D eigenvalue weighted by Gasteiger charge is -2.12. The molecule has 0 amide bonds. The van der Waals surface area contributed by atoms with Crippen molar-refractivity contribution in [3.63, 3.8) is 0 Å². The molecule has 3 heterocycles. The van der Waals surface area contributed by atoms with E-state index in [1.54, 1.807) is 0 Å². The van der Waals surface area contributed by atoms with Gasteiger partial charge in [-0.25, -0.2) is 0 Å². The van der Waals surface area contributed by atoms with Crippen LogP contribution in [0.15, 0.2) is 212 Å². The third-order valence-electron chi connectivity index (χ3n) is 11.8. The van der Waals surface area contributed by atoms with Gasteiger partial charge in [-0.2, -0.15) is 0 Å². The fourth-order valence-corrected chi connectivity index (χ4v) is 9.32. The lowest BCUT2D eigenvalue weighted by molar-refractivity contribution is 1.17. The van der Waals surface area contributed by atoms with E-state index >= 15 is 0 Å². The third-order valence-corrected chi connectivity index (χ3v) is 11.8. The van der Waals surface area contributed by atoms with E-state index in [1.807, 2.05) is 0 Å². The smallest absolute Gasteiger partial charge is 0.0641 e. The molecule has 12 rings (SSSR count). The Morgan fingerprint density at radius 1 is 0.228 bits per heavy atom. The van der Waals surface area contributed by atoms with Crippen LogP contribution in [-0.4, -0.2) is 13.7 Å². The summed E-state index contributed by atoms with van der Waals surface area (Å²) in [5, 5.41) is 7.55. The Balaban J connectivity index is 1.02. The molecular weight excluding hydrogens is 691 g/mol. The molecule has 3 aromatic heterocycles. The van der Waals surface area contributed by atoms with Crippen LogP contribution in [0.5, 0.6) is 0 Å². The van der Waals surface area contributed by atoms with Crippen LogP contribution in [-0.2, 0) is 0 Å². The minimum absolute atomic E-state index is 1.14. The summed E-state index contributed by atoms with van der Waals surface area (Å²) in [6.45, 7) is 0. The first kappa shape index (κ1) is 31.7. The van der Waals surface area contributed by atoms with E-state index in [9.17, 15) is 0 Å². The number of nitrogens with zero attached hydrogens (tertiary/aromatic N) is 3. The van der Waals surface area contributed by atoms with Crippen LogP contribution >= 0.6 is 0 Å². The highest BCUT2D eigenvalue weighted by molar-refractivity contribution is 6.26. The van der Waals surface area contributed by atoms with E-state index in [0.29, 0.717) is 0 Å². The molecule has 3 nitrogen and oxygen atoms in total. The summed E-state index contributed by atoms with van der Waals surface area (Å²) in [6, 6.07) is 77.3. The number of rotatable bonds is 5. The molecule has 266 valence electrons. The first-order valence-corrected chi connectivity index (χ1v) is 19.6. The summed E-state index contributed by atoms with van der Waals surface area (Å²) in [5.74, 6) is 0. The second kappa shape index (κ2) is 12.5. The molecule has 0 aliphatic carbocycles. The monoisotopic (exact) mass is 725 g/mol. The number of hydrogen-bond donors (Lipinski definition) is 0. The highest BCUT2D eigenvalue weighted by atomic mass is 15.0. The number of fused-ring (bicyclic) bond motifs is 10. The summed E-state index contributed by atoms with van der Waals surface area (Å²) < 4.78 is 7.30. The normalized spacial score (nSPS) is 11.9. The molecule has 9 aromatic carbocycles. The van der Waals surface area contributed by atoms with Crippen LogP contribution in [0.3, 0.4) is 0 Å². The van der Waals surface area contributed by atoms with Crippen LogP contribution in [0.25, 0.3) is 105 Å². The molecule has 57 heavy (non-hydrogen) atoms. The summed E-state index contributed by atoms with van der Waals surface area (Å²) in [4.78, 5) is 0. The van der Waals surface area contributed by atoms with E-state index in [2.05, 4.69) is 226 Å². The summed E-state index contributed by atoms with van der Waals surface area (Å²) in [5.41, 5.74) is 15.5. The van der Waals surface area contributed by atoms with Gasteiger partial charge in [0.2, 0.25) is 0 Å². The Morgan fingerprint density at radius 3 is 1.46 bits per heavy atom. The molecular formula is C54H35N3. The van der Waals surface area contributed by atoms with Gasteiger partial charge in [0.05, 0.1) is 33.1 Å². The molecule has 12 aromatic rings. The molecule has 0 saturated carbocycles. The lowest BCUT2D eigenvalue weighted by Crippen LogP contribution is -1.95. The maximum atomic E-state index is 2.44.